The number of para-hydroxylation sites is 1. The Balaban J connectivity index is 1.70. The summed E-state index contributed by atoms with van der Waals surface area (Å²) in [6, 6.07) is 15.2. The molecule has 2 aromatic carbocycles. The molecule has 0 saturated carbocycles. The molecule has 0 aliphatic carbocycles. The molecular weight excluding hydrogens is 342 g/mol. The molecule has 0 radical (unpaired) electrons. The Kier molecular flexibility index (Phi) is 6.99. The SMILES string of the molecule is Cc1ccccc1OCCC(=O)OCC(=O)Nc1ccc(C(C)(C)C)cc1. The molecule has 0 aromatic heterocycles. The summed E-state index contributed by atoms with van der Waals surface area (Å²) in [5.41, 5.74) is 2.91. The van der Waals surface area contributed by atoms with Crippen LogP contribution in [0.2, 0.25) is 0 Å². The number of esters is 1. The van der Waals surface area contributed by atoms with E-state index >= 15 is 0 Å². The van der Waals surface area contributed by atoms with Gasteiger partial charge in [0, 0.05) is 5.69 Å². The molecule has 0 spiro atoms. The first-order valence-electron chi connectivity index (χ1n) is 9.00. The van der Waals surface area contributed by atoms with Gasteiger partial charge in [-0.15, -0.1) is 0 Å². The fourth-order valence-electron chi connectivity index (χ4n) is 2.43. The number of hydrogen-bond acceptors (Lipinski definition) is 4. The molecule has 5 heteroatoms. The Labute approximate surface area is 160 Å². The molecule has 0 fully saturated rings. The highest BCUT2D eigenvalue weighted by Gasteiger charge is 2.13. The van der Waals surface area contributed by atoms with Gasteiger partial charge < -0.3 is 14.8 Å². The summed E-state index contributed by atoms with van der Waals surface area (Å²) < 4.78 is 10.5. The van der Waals surface area contributed by atoms with E-state index in [1.165, 1.54) is 5.56 Å². The van der Waals surface area contributed by atoms with E-state index in [0.717, 1.165) is 11.3 Å². The van der Waals surface area contributed by atoms with E-state index in [1.54, 1.807) is 0 Å². The summed E-state index contributed by atoms with van der Waals surface area (Å²) in [5.74, 6) is -0.102. The topological polar surface area (TPSA) is 64.6 Å². The summed E-state index contributed by atoms with van der Waals surface area (Å²) >= 11 is 0. The first-order chi connectivity index (χ1) is 12.8. The average Bonchev–Trinajstić information content (AvgIpc) is 2.61. The number of ether oxygens (including phenoxy) is 2. The van der Waals surface area contributed by atoms with Gasteiger partial charge in [-0.25, -0.2) is 0 Å². The largest absolute Gasteiger partial charge is 0.493 e. The van der Waals surface area contributed by atoms with Crippen molar-refractivity contribution in [1.29, 1.82) is 0 Å². The van der Waals surface area contributed by atoms with E-state index in [-0.39, 0.29) is 31.0 Å². The van der Waals surface area contributed by atoms with Crippen molar-refractivity contribution < 1.29 is 19.1 Å². The molecule has 2 rings (SSSR count). The molecular formula is C22H27NO4. The Morgan fingerprint density at radius 3 is 2.30 bits per heavy atom. The predicted octanol–water partition coefficient (Wildman–Crippen LogP) is 4.24. The van der Waals surface area contributed by atoms with Crippen molar-refractivity contribution in [2.75, 3.05) is 18.5 Å². The lowest BCUT2D eigenvalue weighted by atomic mass is 9.87. The predicted molar refractivity (Wildman–Crippen MR) is 106 cm³/mol. The van der Waals surface area contributed by atoms with E-state index in [2.05, 4.69) is 26.1 Å². The van der Waals surface area contributed by atoms with E-state index in [1.807, 2.05) is 55.5 Å². The molecule has 1 amide bonds. The summed E-state index contributed by atoms with van der Waals surface area (Å²) in [5, 5.41) is 2.72. The zero-order valence-electron chi connectivity index (χ0n) is 16.4. The van der Waals surface area contributed by atoms with E-state index in [9.17, 15) is 9.59 Å². The van der Waals surface area contributed by atoms with Crippen LogP contribution in [0.5, 0.6) is 5.75 Å². The van der Waals surface area contributed by atoms with E-state index in [4.69, 9.17) is 9.47 Å². The highest BCUT2D eigenvalue weighted by atomic mass is 16.5. The van der Waals surface area contributed by atoms with Crippen molar-refractivity contribution in [2.24, 2.45) is 0 Å². The number of nitrogens with one attached hydrogen (secondary N) is 1. The second kappa shape index (κ2) is 9.21. The van der Waals surface area contributed by atoms with Crippen molar-refractivity contribution in [3.8, 4) is 5.75 Å². The molecule has 1 N–H and O–H groups in total. The highest BCUT2D eigenvalue weighted by Crippen LogP contribution is 2.23. The Morgan fingerprint density at radius 1 is 1.00 bits per heavy atom. The minimum absolute atomic E-state index is 0.0540. The van der Waals surface area contributed by atoms with Crippen LogP contribution < -0.4 is 10.1 Å². The van der Waals surface area contributed by atoms with Crippen LogP contribution in [0.15, 0.2) is 48.5 Å². The number of aryl methyl sites for hydroxylation is 1. The highest BCUT2D eigenvalue weighted by molar-refractivity contribution is 5.92. The molecule has 0 atom stereocenters. The van der Waals surface area contributed by atoms with Crippen LogP contribution in [0, 0.1) is 6.92 Å². The van der Waals surface area contributed by atoms with Crippen LogP contribution in [0.25, 0.3) is 0 Å². The molecule has 0 saturated heterocycles. The van der Waals surface area contributed by atoms with Gasteiger partial charge in [0.2, 0.25) is 0 Å². The van der Waals surface area contributed by atoms with Crippen LogP contribution in [-0.4, -0.2) is 25.1 Å². The van der Waals surface area contributed by atoms with Gasteiger partial charge in [-0.3, -0.25) is 9.59 Å². The standard InChI is InChI=1S/C22H27NO4/c1-16-7-5-6-8-19(16)26-14-13-21(25)27-15-20(24)23-18-11-9-17(10-12-18)22(2,3)4/h5-12H,13-15H2,1-4H3,(H,23,24). The minimum Gasteiger partial charge on any atom is -0.493 e. The van der Waals surface area contributed by atoms with Gasteiger partial charge in [-0.1, -0.05) is 51.1 Å². The third kappa shape index (κ3) is 6.77. The number of carbonyl (C=O) groups excluding carboxylic acids is 2. The molecule has 0 unspecified atom stereocenters. The van der Waals surface area contributed by atoms with Crippen LogP contribution >= 0.6 is 0 Å². The molecule has 2 aromatic rings. The van der Waals surface area contributed by atoms with Gasteiger partial charge in [-0.2, -0.15) is 0 Å². The second-order valence-corrected chi connectivity index (χ2v) is 7.40. The van der Waals surface area contributed by atoms with Crippen molar-refractivity contribution in [3.63, 3.8) is 0 Å². The third-order valence-corrected chi connectivity index (χ3v) is 4.06. The number of anilines is 1. The maximum atomic E-state index is 11.9. The van der Waals surface area contributed by atoms with Gasteiger partial charge in [0.1, 0.15) is 5.75 Å². The molecule has 0 aliphatic heterocycles. The monoisotopic (exact) mass is 369 g/mol. The van der Waals surface area contributed by atoms with Gasteiger partial charge >= 0.3 is 5.97 Å². The van der Waals surface area contributed by atoms with Crippen molar-refractivity contribution in [3.05, 3.63) is 59.7 Å². The lowest BCUT2D eigenvalue weighted by Crippen LogP contribution is -2.21. The number of amides is 1. The summed E-state index contributed by atoms with van der Waals surface area (Å²) in [7, 11) is 0. The Morgan fingerprint density at radius 2 is 1.67 bits per heavy atom. The molecule has 0 heterocycles. The normalized spacial score (nSPS) is 11.0. The molecule has 144 valence electrons. The van der Waals surface area contributed by atoms with Crippen molar-refractivity contribution in [2.45, 2.75) is 39.5 Å². The summed E-state index contributed by atoms with van der Waals surface area (Å²) in [6.07, 6.45) is 0.0852. The zero-order chi connectivity index (χ0) is 19.9. The lowest BCUT2D eigenvalue weighted by Gasteiger charge is -2.19. The lowest BCUT2D eigenvalue weighted by molar-refractivity contribution is -0.147. The van der Waals surface area contributed by atoms with Crippen molar-refractivity contribution >= 4 is 17.6 Å². The number of benzene rings is 2. The van der Waals surface area contributed by atoms with Crippen molar-refractivity contribution in [1.82, 2.24) is 0 Å². The van der Waals surface area contributed by atoms with Gasteiger partial charge in [-0.05, 0) is 41.7 Å². The zero-order valence-corrected chi connectivity index (χ0v) is 16.4. The number of carbonyl (C=O) groups is 2. The fourth-order valence-corrected chi connectivity index (χ4v) is 2.43. The second-order valence-electron chi connectivity index (χ2n) is 7.40. The van der Waals surface area contributed by atoms with Crippen LogP contribution in [-0.2, 0) is 19.7 Å². The summed E-state index contributed by atoms with van der Waals surface area (Å²) in [4.78, 5) is 23.7. The average molecular weight is 369 g/mol. The number of rotatable bonds is 7. The minimum atomic E-state index is -0.471. The summed E-state index contributed by atoms with van der Waals surface area (Å²) in [6.45, 7) is 8.21. The fraction of sp³-hybridized carbons (Fsp3) is 0.364. The first-order valence-corrected chi connectivity index (χ1v) is 9.00. The molecule has 5 nitrogen and oxygen atoms in total. The maximum Gasteiger partial charge on any atom is 0.309 e. The first kappa shape index (κ1) is 20.5. The number of hydrogen-bond donors (Lipinski definition) is 1. The molecule has 0 aliphatic rings. The van der Waals surface area contributed by atoms with Gasteiger partial charge in [0.25, 0.3) is 5.91 Å². The van der Waals surface area contributed by atoms with Gasteiger partial charge in [0.15, 0.2) is 6.61 Å². The third-order valence-electron chi connectivity index (χ3n) is 4.06. The Bertz CT molecular complexity index is 776. The molecule has 27 heavy (non-hydrogen) atoms. The van der Waals surface area contributed by atoms with Crippen LogP contribution in [0.3, 0.4) is 0 Å². The van der Waals surface area contributed by atoms with Gasteiger partial charge in [0.05, 0.1) is 13.0 Å². The Hall–Kier alpha value is -2.82. The molecule has 0 bridgehead atoms. The van der Waals surface area contributed by atoms with Crippen LogP contribution in [0.1, 0.15) is 38.3 Å². The smallest absolute Gasteiger partial charge is 0.309 e. The van der Waals surface area contributed by atoms with E-state index in [0.29, 0.717) is 5.69 Å². The van der Waals surface area contributed by atoms with Crippen LogP contribution in [0.4, 0.5) is 5.69 Å². The van der Waals surface area contributed by atoms with E-state index < -0.39 is 5.97 Å². The quantitative estimate of drug-likeness (QED) is 0.741. The maximum absolute atomic E-state index is 11.9.